The monoisotopic (exact) mass is 463 g/mol. The van der Waals surface area contributed by atoms with Crippen LogP contribution in [0.5, 0.6) is 0 Å². The lowest BCUT2D eigenvalue weighted by Gasteiger charge is -2.03. The molecule has 0 aliphatic carbocycles. The number of hydrogen-bond acceptors (Lipinski definition) is 3. The van der Waals surface area contributed by atoms with Crippen LogP contribution in [-0.4, -0.2) is 22.8 Å². The van der Waals surface area contributed by atoms with Crippen LogP contribution in [0.25, 0.3) is 0 Å². The van der Waals surface area contributed by atoms with Gasteiger partial charge in [-0.2, -0.15) is 0 Å². The number of unbranched alkanes of at least 4 members (excludes halogenated alkanes) is 19. The number of aliphatic hydroxyl groups excluding tert-OH is 1. The van der Waals surface area contributed by atoms with Crippen molar-refractivity contribution < 1.29 is 15.0 Å². The number of aliphatic hydroxyl groups is 1. The molecule has 0 bridgehead atoms. The zero-order valence-corrected chi connectivity index (χ0v) is 21.5. The van der Waals surface area contributed by atoms with E-state index in [1.165, 1.54) is 134 Å². The molecule has 0 atom stereocenters. The van der Waals surface area contributed by atoms with Gasteiger partial charge in [0.25, 0.3) is 0 Å². The van der Waals surface area contributed by atoms with Crippen LogP contribution >= 0.6 is 0 Å². The summed E-state index contributed by atoms with van der Waals surface area (Å²) in [5, 5.41) is 17.1. The molecule has 4 nitrogen and oxygen atoms in total. The predicted molar refractivity (Wildman–Crippen MR) is 143 cm³/mol. The molecule has 1 rings (SSSR count). The number of benzene rings is 1. The molecule has 0 saturated heterocycles. The number of rotatable bonds is 21. The van der Waals surface area contributed by atoms with Crippen molar-refractivity contribution >= 4 is 11.7 Å². The lowest BCUT2D eigenvalue weighted by Crippen LogP contribution is -1.95. The van der Waals surface area contributed by atoms with E-state index in [1.807, 2.05) is 0 Å². The van der Waals surface area contributed by atoms with Crippen molar-refractivity contribution in [1.82, 2.24) is 0 Å². The first kappa shape index (κ1) is 31.4. The molecule has 192 valence electrons. The third kappa shape index (κ3) is 23.4. The Balaban J connectivity index is 0.000000843. The highest BCUT2D eigenvalue weighted by Gasteiger charge is 1.99. The van der Waals surface area contributed by atoms with Crippen LogP contribution in [-0.2, 0) is 0 Å². The Morgan fingerprint density at radius 3 is 1.18 bits per heavy atom. The fourth-order valence-corrected chi connectivity index (χ4v) is 3.99. The molecule has 0 heterocycles. The zero-order valence-electron chi connectivity index (χ0n) is 21.5. The maximum absolute atomic E-state index is 10.3. The van der Waals surface area contributed by atoms with Gasteiger partial charge in [0.05, 0.1) is 5.56 Å². The maximum Gasteiger partial charge on any atom is 0.335 e. The number of carboxylic acid groups (broad SMARTS) is 1. The zero-order chi connectivity index (χ0) is 24.4. The smallest absolute Gasteiger partial charge is 0.335 e. The summed E-state index contributed by atoms with van der Waals surface area (Å²) >= 11 is 0. The van der Waals surface area contributed by atoms with Gasteiger partial charge in [0.15, 0.2) is 0 Å². The van der Waals surface area contributed by atoms with E-state index >= 15 is 0 Å². The molecule has 0 amide bonds. The summed E-state index contributed by atoms with van der Waals surface area (Å²) < 4.78 is 0. The molecule has 0 unspecified atom stereocenters. The van der Waals surface area contributed by atoms with Gasteiger partial charge in [-0.3, -0.25) is 0 Å². The molecular formula is C29H53NO3. The second-order valence-electron chi connectivity index (χ2n) is 9.37. The third-order valence-electron chi connectivity index (χ3n) is 6.17. The van der Waals surface area contributed by atoms with Crippen LogP contribution in [0.4, 0.5) is 5.69 Å². The first-order chi connectivity index (χ1) is 16.1. The minimum absolute atomic E-state index is 0.259. The average Bonchev–Trinajstić information content (AvgIpc) is 2.81. The second kappa shape index (κ2) is 25.1. The normalized spacial score (nSPS) is 10.6. The van der Waals surface area contributed by atoms with Crippen LogP contribution in [0.2, 0.25) is 0 Å². The number of nitrogen functional groups attached to an aromatic ring is 1. The van der Waals surface area contributed by atoms with E-state index in [2.05, 4.69) is 6.92 Å². The van der Waals surface area contributed by atoms with Crippen LogP contribution in [0.1, 0.15) is 146 Å². The Morgan fingerprint density at radius 1 is 0.606 bits per heavy atom. The van der Waals surface area contributed by atoms with Gasteiger partial charge >= 0.3 is 5.97 Å². The number of carboxylic acids is 1. The first-order valence-electron chi connectivity index (χ1n) is 13.8. The Labute approximate surface area is 204 Å². The molecule has 0 saturated carbocycles. The van der Waals surface area contributed by atoms with Gasteiger partial charge in [-0.05, 0) is 30.7 Å². The predicted octanol–water partition coefficient (Wildman–Crippen LogP) is 8.77. The Bertz CT molecular complexity index is 510. The summed E-state index contributed by atoms with van der Waals surface area (Å²) in [5.41, 5.74) is 6.17. The topological polar surface area (TPSA) is 83.5 Å². The van der Waals surface area contributed by atoms with Crippen molar-refractivity contribution in [2.75, 3.05) is 12.3 Å². The number of nitrogens with two attached hydrogens (primary N) is 1. The minimum atomic E-state index is -0.931. The van der Waals surface area contributed by atoms with Crippen molar-refractivity contribution in [1.29, 1.82) is 0 Å². The van der Waals surface area contributed by atoms with Crippen LogP contribution in [0.3, 0.4) is 0 Å². The maximum atomic E-state index is 10.3. The summed E-state index contributed by atoms with van der Waals surface area (Å²) in [6.07, 6.45) is 28.1. The summed E-state index contributed by atoms with van der Waals surface area (Å²) in [4.78, 5) is 10.3. The molecular weight excluding hydrogens is 410 g/mol. The number of aromatic carboxylic acids is 1. The van der Waals surface area contributed by atoms with E-state index in [4.69, 9.17) is 15.9 Å². The Kier molecular flexibility index (Phi) is 23.9. The van der Waals surface area contributed by atoms with Crippen molar-refractivity contribution in [2.45, 2.75) is 135 Å². The lowest BCUT2D eigenvalue weighted by molar-refractivity contribution is 0.0697. The molecule has 0 fully saturated rings. The quantitative estimate of drug-likeness (QED) is 0.126. The van der Waals surface area contributed by atoms with Crippen molar-refractivity contribution in [3.63, 3.8) is 0 Å². The number of carbonyl (C=O) groups is 1. The van der Waals surface area contributed by atoms with Gasteiger partial charge in [-0.25, -0.2) is 4.79 Å². The summed E-state index contributed by atoms with van der Waals surface area (Å²) in [5.74, 6) is -0.931. The summed E-state index contributed by atoms with van der Waals surface area (Å²) in [6, 6.07) is 6.06. The van der Waals surface area contributed by atoms with Gasteiger partial charge < -0.3 is 15.9 Å². The molecule has 0 radical (unpaired) electrons. The average molecular weight is 464 g/mol. The SMILES string of the molecule is CCCCCCCCCCCCCCCCCCCCCCO.Nc1ccc(C(=O)O)cc1. The van der Waals surface area contributed by atoms with E-state index in [0.29, 0.717) is 12.3 Å². The molecule has 4 N–H and O–H groups in total. The van der Waals surface area contributed by atoms with Gasteiger partial charge in [0.2, 0.25) is 0 Å². The largest absolute Gasteiger partial charge is 0.478 e. The van der Waals surface area contributed by atoms with E-state index in [0.717, 1.165) is 6.42 Å². The molecule has 0 spiro atoms. The fraction of sp³-hybridized carbons (Fsp3) is 0.759. The van der Waals surface area contributed by atoms with Gasteiger partial charge in [-0.1, -0.05) is 129 Å². The molecule has 0 aliphatic rings. The van der Waals surface area contributed by atoms with E-state index in [1.54, 1.807) is 12.1 Å². The Hall–Kier alpha value is -1.55. The van der Waals surface area contributed by atoms with E-state index in [9.17, 15) is 4.79 Å². The highest BCUT2D eigenvalue weighted by molar-refractivity contribution is 5.87. The van der Waals surface area contributed by atoms with Crippen molar-refractivity contribution in [3.8, 4) is 0 Å². The fourth-order valence-electron chi connectivity index (χ4n) is 3.99. The van der Waals surface area contributed by atoms with Crippen molar-refractivity contribution in [3.05, 3.63) is 29.8 Å². The number of hydrogen-bond donors (Lipinski definition) is 3. The standard InChI is InChI=1S/C22H46O.C7H7NO2/c1-2-3-4-5-6-7-8-9-10-11-12-13-14-15-16-17-18-19-20-21-22-23;8-6-3-1-5(2-4-6)7(9)10/h23H,2-22H2,1H3;1-4H,8H2,(H,9,10). The van der Waals surface area contributed by atoms with Crippen molar-refractivity contribution in [2.24, 2.45) is 0 Å². The highest BCUT2D eigenvalue weighted by atomic mass is 16.4. The van der Waals surface area contributed by atoms with Crippen LogP contribution < -0.4 is 5.73 Å². The number of anilines is 1. The minimum Gasteiger partial charge on any atom is -0.478 e. The van der Waals surface area contributed by atoms with E-state index in [-0.39, 0.29) is 5.56 Å². The van der Waals surface area contributed by atoms with Gasteiger partial charge in [0, 0.05) is 12.3 Å². The van der Waals surface area contributed by atoms with Crippen LogP contribution in [0, 0.1) is 0 Å². The lowest BCUT2D eigenvalue weighted by atomic mass is 10.0. The van der Waals surface area contributed by atoms with Crippen LogP contribution in [0.15, 0.2) is 24.3 Å². The molecule has 0 aliphatic heterocycles. The Morgan fingerprint density at radius 2 is 0.909 bits per heavy atom. The molecule has 33 heavy (non-hydrogen) atoms. The molecule has 1 aromatic rings. The first-order valence-corrected chi connectivity index (χ1v) is 13.8. The molecule has 1 aromatic carbocycles. The molecule has 0 aromatic heterocycles. The molecule has 4 heteroatoms. The second-order valence-corrected chi connectivity index (χ2v) is 9.37. The third-order valence-corrected chi connectivity index (χ3v) is 6.17. The highest BCUT2D eigenvalue weighted by Crippen LogP contribution is 2.14. The van der Waals surface area contributed by atoms with Gasteiger partial charge in [-0.15, -0.1) is 0 Å². The summed E-state index contributed by atoms with van der Waals surface area (Å²) in [6.45, 7) is 2.67. The van der Waals surface area contributed by atoms with Gasteiger partial charge in [0.1, 0.15) is 0 Å². The van der Waals surface area contributed by atoms with E-state index < -0.39 is 5.97 Å². The summed E-state index contributed by atoms with van der Waals surface area (Å²) in [7, 11) is 0.